The van der Waals surface area contributed by atoms with Crippen LogP contribution in [0.5, 0.6) is 5.75 Å². The van der Waals surface area contributed by atoms with Gasteiger partial charge in [0.2, 0.25) is 5.90 Å². The molecule has 2 aromatic carbocycles. The molecule has 0 fully saturated rings. The van der Waals surface area contributed by atoms with Gasteiger partial charge in [-0.1, -0.05) is 42.5 Å². The van der Waals surface area contributed by atoms with Crippen LogP contribution in [0, 0.1) is 6.92 Å². The second kappa shape index (κ2) is 6.26. The minimum atomic E-state index is -0.449. The summed E-state index contributed by atoms with van der Waals surface area (Å²) >= 11 is 0. The Kier molecular flexibility index (Phi) is 4.01. The summed E-state index contributed by atoms with van der Waals surface area (Å²) in [5.41, 5.74) is 2.32. The summed E-state index contributed by atoms with van der Waals surface area (Å²) in [5, 5.41) is 0. The zero-order valence-corrected chi connectivity index (χ0v) is 12.2. The fraction of sp³-hybridized carbons (Fsp3) is 0.111. The van der Waals surface area contributed by atoms with E-state index in [1.807, 2.05) is 61.5 Å². The minimum Gasteiger partial charge on any atom is -0.484 e. The molecule has 3 rings (SSSR count). The monoisotopic (exact) mass is 293 g/mol. The third kappa shape index (κ3) is 3.23. The Hall–Kier alpha value is -2.88. The molecular formula is C18H15NO3. The molecule has 4 heteroatoms. The zero-order valence-electron chi connectivity index (χ0n) is 12.2. The van der Waals surface area contributed by atoms with E-state index < -0.39 is 5.97 Å². The number of para-hydroxylation sites is 1. The highest BCUT2D eigenvalue weighted by Gasteiger charge is 2.23. The van der Waals surface area contributed by atoms with Crippen LogP contribution in [0.3, 0.4) is 0 Å². The largest absolute Gasteiger partial charge is 0.484 e. The average Bonchev–Trinajstić information content (AvgIpc) is 2.89. The lowest BCUT2D eigenvalue weighted by molar-refractivity contribution is -0.130. The number of esters is 1. The molecule has 1 aliphatic rings. The minimum absolute atomic E-state index is 0.126. The van der Waals surface area contributed by atoms with Crippen molar-refractivity contribution >= 4 is 17.9 Å². The fourth-order valence-electron chi connectivity index (χ4n) is 2.07. The van der Waals surface area contributed by atoms with Crippen LogP contribution >= 0.6 is 0 Å². The van der Waals surface area contributed by atoms with Crippen molar-refractivity contribution in [3.8, 4) is 5.75 Å². The third-order valence-electron chi connectivity index (χ3n) is 3.25. The maximum absolute atomic E-state index is 11.9. The number of ether oxygens (including phenoxy) is 2. The van der Waals surface area contributed by atoms with Gasteiger partial charge in [0.15, 0.2) is 12.3 Å². The zero-order chi connectivity index (χ0) is 15.4. The summed E-state index contributed by atoms with van der Waals surface area (Å²) in [7, 11) is 0. The van der Waals surface area contributed by atoms with Crippen molar-refractivity contribution in [2.75, 3.05) is 6.61 Å². The second-order valence-corrected chi connectivity index (χ2v) is 4.88. The molecule has 0 spiro atoms. The van der Waals surface area contributed by atoms with Crippen LogP contribution in [0.1, 0.15) is 11.1 Å². The quantitative estimate of drug-likeness (QED) is 0.641. The number of carbonyl (C=O) groups excluding carboxylic acids is 1. The Morgan fingerprint density at radius 3 is 2.59 bits per heavy atom. The predicted molar refractivity (Wildman–Crippen MR) is 84.6 cm³/mol. The van der Waals surface area contributed by atoms with E-state index in [1.54, 1.807) is 6.08 Å². The first kappa shape index (κ1) is 14.1. The Morgan fingerprint density at radius 1 is 1.09 bits per heavy atom. The molecule has 0 aliphatic carbocycles. The molecule has 0 aromatic heterocycles. The van der Waals surface area contributed by atoms with Crippen LogP contribution in [0.25, 0.3) is 6.08 Å². The first-order chi connectivity index (χ1) is 10.7. The topological polar surface area (TPSA) is 47.9 Å². The van der Waals surface area contributed by atoms with Crippen molar-refractivity contribution in [2.24, 2.45) is 4.99 Å². The number of aliphatic imine (C=N–C) groups is 1. The lowest BCUT2D eigenvalue weighted by Gasteiger charge is -2.03. The number of rotatable bonds is 4. The summed E-state index contributed by atoms with van der Waals surface area (Å²) in [4.78, 5) is 16.1. The summed E-state index contributed by atoms with van der Waals surface area (Å²) < 4.78 is 10.7. The van der Waals surface area contributed by atoms with Gasteiger partial charge in [-0.25, -0.2) is 9.79 Å². The molecule has 1 heterocycles. The molecule has 0 radical (unpaired) electrons. The molecule has 1 aliphatic heterocycles. The number of nitrogens with zero attached hydrogens (tertiary/aromatic N) is 1. The third-order valence-corrected chi connectivity index (χ3v) is 3.25. The van der Waals surface area contributed by atoms with Crippen molar-refractivity contribution in [1.29, 1.82) is 0 Å². The van der Waals surface area contributed by atoms with E-state index in [4.69, 9.17) is 9.47 Å². The Balaban J connectivity index is 1.73. The molecular weight excluding hydrogens is 278 g/mol. The van der Waals surface area contributed by atoms with Crippen molar-refractivity contribution in [3.05, 3.63) is 71.4 Å². The molecule has 2 aromatic rings. The van der Waals surface area contributed by atoms with Gasteiger partial charge in [-0.2, -0.15) is 0 Å². The maximum Gasteiger partial charge on any atom is 0.363 e. The smallest absolute Gasteiger partial charge is 0.363 e. The van der Waals surface area contributed by atoms with Gasteiger partial charge in [-0.3, -0.25) is 0 Å². The van der Waals surface area contributed by atoms with Crippen LogP contribution in [0.2, 0.25) is 0 Å². The van der Waals surface area contributed by atoms with Gasteiger partial charge in [0, 0.05) is 0 Å². The van der Waals surface area contributed by atoms with Crippen LogP contribution in [-0.4, -0.2) is 18.5 Å². The molecule has 0 amide bonds. The number of cyclic esters (lactones) is 1. The first-order valence-corrected chi connectivity index (χ1v) is 6.97. The molecule has 4 nitrogen and oxygen atoms in total. The van der Waals surface area contributed by atoms with Gasteiger partial charge in [0.25, 0.3) is 0 Å². The highest BCUT2D eigenvalue weighted by atomic mass is 16.6. The van der Waals surface area contributed by atoms with Gasteiger partial charge in [0.05, 0.1) is 0 Å². The van der Waals surface area contributed by atoms with Crippen molar-refractivity contribution in [1.82, 2.24) is 0 Å². The van der Waals surface area contributed by atoms with E-state index in [1.165, 1.54) is 0 Å². The molecule has 0 saturated carbocycles. The molecule has 0 saturated heterocycles. The standard InChI is InChI=1S/C18H15NO3/c1-13-7-5-6-8-14(13)11-16-18(20)22-17(19-16)12-21-15-9-3-2-4-10-15/h2-11H,12H2,1H3/b16-11-. The SMILES string of the molecule is Cc1ccccc1/C=C1\N=C(COc2ccccc2)OC1=O. The summed E-state index contributed by atoms with van der Waals surface area (Å²) in [6, 6.07) is 17.1. The molecule has 0 N–H and O–H groups in total. The molecule has 0 atom stereocenters. The number of hydrogen-bond acceptors (Lipinski definition) is 4. The van der Waals surface area contributed by atoms with Crippen LogP contribution in [0.15, 0.2) is 65.3 Å². The van der Waals surface area contributed by atoms with Crippen LogP contribution in [0.4, 0.5) is 0 Å². The molecule has 0 unspecified atom stereocenters. The van der Waals surface area contributed by atoms with E-state index >= 15 is 0 Å². The summed E-state index contributed by atoms with van der Waals surface area (Å²) in [5.74, 6) is 0.529. The average molecular weight is 293 g/mol. The number of aryl methyl sites for hydroxylation is 1. The van der Waals surface area contributed by atoms with Gasteiger partial charge in [0.1, 0.15) is 5.75 Å². The number of hydrogen-bond donors (Lipinski definition) is 0. The molecule has 0 bridgehead atoms. The Labute approximate surface area is 128 Å². The molecule has 110 valence electrons. The maximum atomic E-state index is 11.9. The number of benzene rings is 2. The lowest BCUT2D eigenvalue weighted by Crippen LogP contribution is -2.13. The molecule has 22 heavy (non-hydrogen) atoms. The number of carbonyl (C=O) groups is 1. The summed E-state index contributed by atoms with van der Waals surface area (Å²) in [6.07, 6.45) is 1.73. The van der Waals surface area contributed by atoms with E-state index in [-0.39, 0.29) is 12.5 Å². The lowest BCUT2D eigenvalue weighted by atomic mass is 10.1. The van der Waals surface area contributed by atoms with Gasteiger partial charge in [-0.15, -0.1) is 0 Å². The van der Waals surface area contributed by atoms with E-state index in [0.29, 0.717) is 11.4 Å². The van der Waals surface area contributed by atoms with E-state index in [9.17, 15) is 4.79 Å². The van der Waals surface area contributed by atoms with Crippen molar-refractivity contribution in [3.63, 3.8) is 0 Å². The Morgan fingerprint density at radius 2 is 1.82 bits per heavy atom. The first-order valence-electron chi connectivity index (χ1n) is 6.97. The van der Waals surface area contributed by atoms with E-state index in [0.717, 1.165) is 11.1 Å². The second-order valence-electron chi connectivity index (χ2n) is 4.88. The van der Waals surface area contributed by atoms with Crippen LogP contribution < -0.4 is 4.74 Å². The van der Waals surface area contributed by atoms with Crippen molar-refractivity contribution < 1.29 is 14.3 Å². The van der Waals surface area contributed by atoms with Gasteiger partial charge >= 0.3 is 5.97 Å². The highest BCUT2D eigenvalue weighted by Crippen LogP contribution is 2.18. The highest BCUT2D eigenvalue weighted by molar-refractivity contribution is 6.07. The normalized spacial score (nSPS) is 15.6. The van der Waals surface area contributed by atoms with Crippen molar-refractivity contribution in [2.45, 2.75) is 6.92 Å². The summed E-state index contributed by atoms with van der Waals surface area (Å²) in [6.45, 7) is 2.11. The predicted octanol–water partition coefficient (Wildman–Crippen LogP) is 3.37. The Bertz CT molecular complexity index is 748. The fourth-order valence-corrected chi connectivity index (χ4v) is 2.07. The van der Waals surface area contributed by atoms with Gasteiger partial charge < -0.3 is 9.47 Å². The van der Waals surface area contributed by atoms with Crippen LogP contribution in [-0.2, 0) is 9.53 Å². The van der Waals surface area contributed by atoms with Gasteiger partial charge in [-0.05, 0) is 36.3 Å². The van der Waals surface area contributed by atoms with E-state index in [2.05, 4.69) is 4.99 Å².